The van der Waals surface area contributed by atoms with Gasteiger partial charge < -0.3 is 19.4 Å². The van der Waals surface area contributed by atoms with Gasteiger partial charge in [0.1, 0.15) is 11.5 Å². The van der Waals surface area contributed by atoms with Crippen molar-refractivity contribution in [1.29, 1.82) is 0 Å². The molecule has 1 atom stereocenters. The molecule has 0 saturated carbocycles. The van der Waals surface area contributed by atoms with E-state index in [0.29, 0.717) is 11.0 Å². The predicted octanol–water partition coefficient (Wildman–Crippen LogP) is 5.36. The molecular formula is C24H30N4O3S. The van der Waals surface area contributed by atoms with Gasteiger partial charge in [-0.05, 0) is 76.1 Å². The summed E-state index contributed by atoms with van der Waals surface area (Å²) in [6.07, 6.45) is -0.309. The lowest BCUT2D eigenvalue weighted by Gasteiger charge is -2.19. The fraction of sp³-hybridized carbons (Fsp3) is 0.375. The second kappa shape index (κ2) is 10.5. The molecule has 1 amide bonds. The number of aryl methyl sites for hydroxylation is 2. The number of thioether (sulfide) groups is 1. The van der Waals surface area contributed by atoms with Gasteiger partial charge in [0.25, 0.3) is 0 Å². The van der Waals surface area contributed by atoms with Crippen LogP contribution in [0.15, 0.2) is 47.6 Å². The van der Waals surface area contributed by atoms with Crippen molar-refractivity contribution in [1.82, 2.24) is 14.8 Å². The maximum absolute atomic E-state index is 12.5. The molecule has 1 unspecified atom stereocenters. The number of amides is 1. The molecule has 0 aliphatic rings. The highest BCUT2D eigenvalue weighted by molar-refractivity contribution is 7.99. The monoisotopic (exact) mass is 454 g/mol. The summed E-state index contributed by atoms with van der Waals surface area (Å²) in [4.78, 5) is 12.5. The predicted molar refractivity (Wildman–Crippen MR) is 128 cm³/mol. The zero-order valence-corrected chi connectivity index (χ0v) is 20.2. The summed E-state index contributed by atoms with van der Waals surface area (Å²) in [7, 11) is 1.63. The van der Waals surface area contributed by atoms with E-state index in [-0.39, 0.29) is 23.8 Å². The molecule has 170 valence electrons. The number of benzene rings is 2. The van der Waals surface area contributed by atoms with E-state index in [0.717, 1.165) is 28.3 Å². The third kappa shape index (κ3) is 5.82. The lowest BCUT2D eigenvalue weighted by atomic mass is 10.1. The molecule has 0 aliphatic heterocycles. The molecule has 0 fully saturated rings. The van der Waals surface area contributed by atoms with Gasteiger partial charge >= 0.3 is 0 Å². The van der Waals surface area contributed by atoms with Crippen molar-refractivity contribution >= 4 is 23.4 Å². The van der Waals surface area contributed by atoms with Crippen molar-refractivity contribution in [3.05, 3.63) is 59.4 Å². The average molecular weight is 455 g/mol. The molecule has 8 heteroatoms. The van der Waals surface area contributed by atoms with Crippen LogP contribution in [0.25, 0.3) is 0 Å². The maximum Gasteiger partial charge on any atom is 0.234 e. The molecule has 1 N–H and O–H groups in total. The van der Waals surface area contributed by atoms with E-state index < -0.39 is 0 Å². The summed E-state index contributed by atoms with van der Waals surface area (Å²) < 4.78 is 13.3. The number of aromatic nitrogens is 3. The van der Waals surface area contributed by atoms with E-state index in [9.17, 15) is 4.79 Å². The van der Waals surface area contributed by atoms with Gasteiger partial charge in [-0.15, -0.1) is 10.2 Å². The Morgan fingerprint density at radius 1 is 1.06 bits per heavy atom. The third-order valence-corrected chi connectivity index (χ3v) is 5.89. The lowest BCUT2D eigenvalue weighted by molar-refractivity contribution is -0.113. The van der Waals surface area contributed by atoms with E-state index in [1.165, 1.54) is 11.8 Å². The molecule has 32 heavy (non-hydrogen) atoms. The van der Waals surface area contributed by atoms with Crippen LogP contribution in [-0.4, -0.2) is 33.5 Å². The quantitative estimate of drug-likeness (QED) is 0.439. The number of ether oxygens (including phenoxy) is 2. The number of carbonyl (C=O) groups excluding carboxylic acids is 1. The van der Waals surface area contributed by atoms with Crippen LogP contribution in [0.5, 0.6) is 11.5 Å². The summed E-state index contributed by atoms with van der Waals surface area (Å²) in [5.41, 5.74) is 2.97. The van der Waals surface area contributed by atoms with E-state index in [1.54, 1.807) is 7.11 Å². The minimum Gasteiger partial charge on any atom is -0.497 e. The lowest BCUT2D eigenvalue weighted by Crippen LogP contribution is -2.17. The van der Waals surface area contributed by atoms with E-state index in [1.807, 2.05) is 67.8 Å². The maximum atomic E-state index is 12.5. The highest BCUT2D eigenvalue weighted by Gasteiger charge is 2.22. The molecule has 3 rings (SSSR count). The molecule has 3 aromatic rings. The largest absolute Gasteiger partial charge is 0.497 e. The number of anilines is 1. The van der Waals surface area contributed by atoms with E-state index in [4.69, 9.17) is 9.47 Å². The minimum atomic E-state index is -0.309. The first-order valence-electron chi connectivity index (χ1n) is 10.5. The minimum absolute atomic E-state index is 0.0777. The Morgan fingerprint density at radius 3 is 2.41 bits per heavy atom. The Balaban J connectivity index is 1.68. The van der Waals surface area contributed by atoms with E-state index in [2.05, 4.69) is 29.4 Å². The summed E-state index contributed by atoms with van der Waals surface area (Å²) in [5, 5.41) is 12.4. The molecule has 7 nitrogen and oxygen atoms in total. The topological polar surface area (TPSA) is 78.3 Å². The standard InChI is InChI=1S/C24H30N4O3S/c1-15(2)28-23(18(5)31-20-11-9-19(30-6)10-12-20)26-27-24(28)32-14-22(29)25-21-13-16(3)7-8-17(21)4/h7-13,15,18H,14H2,1-6H3,(H,25,29). The second-order valence-electron chi connectivity index (χ2n) is 7.90. The van der Waals surface area contributed by atoms with Crippen LogP contribution in [0.1, 0.15) is 49.9 Å². The van der Waals surface area contributed by atoms with Crippen LogP contribution in [0.3, 0.4) is 0 Å². The van der Waals surface area contributed by atoms with Crippen molar-refractivity contribution in [2.75, 3.05) is 18.2 Å². The van der Waals surface area contributed by atoms with Gasteiger partial charge in [0, 0.05) is 11.7 Å². The zero-order chi connectivity index (χ0) is 23.3. The Labute approximate surface area is 193 Å². The molecule has 0 radical (unpaired) electrons. The zero-order valence-electron chi connectivity index (χ0n) is 19.4. The second-order valence-corrected chi connectivity index (χ2v) is 8.84. The number of nitrogens with one attached hydrogen (secondary N) is 1. The van der Waals surface area contributed by atoms with Gasteiger partial charge in [-0.1, -0.05) is 23.9 Å². The number of nitrogens with zero attached hydrogens (tertiary/aromatic N) is 3. The van der Waals surface area contributed by atoms with Gasteiger partial charge in [-0.3, -0.25) is 4.79 Å². The molecular weight excluding hydrogens is 424 g/mol. The fourth-order valence-electron chi connectivity index (χ4n) is 3.25. The van der Waals surface area contributed by atoms with Gasteiger partial charge in [0.05, 0.1) is 12.9 Å². The van der Waals surface area contributed by atoms with Crippen LogP contribution >= 0.6 is 11.8 Å². The Kier molecular flexibility index (Phi) is 7.80. The Hall–Kier alpha value is -3.00. The van der Waals surface area contributed by atoms with Crippen LogP contribution in [0, 0.1) is 13.8 Å². The number of rotatable bonds is 9. The molecule has 1 heterocycles. The van der Waals surface area contributed by atoms with Crippen LogP contribution < -0.4 is 14.8 Å². The number of hydrogen-bond donors (Lipinski definition) is 1. The molecule has 0 aliphatic carbocycles. The molecule has 2 aromatic carbocycles. The highest BCUT2D eigenvalue weighted by Crippen LogP contribution is 2.28. The van der Waals surface area contributed by atoms with Crippen molar-refractivity contribution < 1.29 is 14.3 Å². The van der Waals surface area contributed by atoms with E-state index >= 15 is 0 Å². The van der Waals surface area contributed by atoms with Gasteiger partial charge in [-0.25, -0.2) is 0 Å². The van der Waals surface area contributed by atoms with Gasteiger partial charge in [-0.2, -0.15) is 0 Å². The molecule has 0 bridgehead atoms. The number of hydrogen-bond acceptors (Lipinski definition) is 6. The highest BCUT2D eigenvalue weighted by atomic mass is 32.2. The number of methoxy groups -OCH3 is 1. The molecule has 0 spiro atoms. The van der Waals surface area contributed by atoms with Crippen LogP contribution in [0.4, 0.5) is 5.69 Å². The first-order chi connectivity index (χ1) is 15.3. The normalized spacial score (nSPS) is 12.0. The average Bonchev–Trinajstić information content (AvgIpc) is 3.20. The summed E-state index contributed by atoms with van der Waals surface area (Å²) >= 11 is 1.37. The van der Waals surface area contributed by atoms with Gasteiger partial charge in [0.15, 0.2) is 17.1 Å². The van der Waals surface area contributed by atoms with Crippen molar-refractivity contribution in [2.24, 2.45) is 0 Å². The summed E-state index contributed by atoms with van der Waals surface area (Å²) in [6, 6.07) is 13.6. The first-order valence-corrected chi connectivity index (χ1v) is 11.5. The molecule has 0 saturated heterocycles. The fourth-order valence-corrected chi connectivity index (χ4v) is 4.12. The Bertz CT molecular complexity index is 1060. The van der Waals surface area contributed by atoms with Gasteiger partial charge in [0.2, 0.25) is 5.91 Å². The SMILES string of the molecule is COc1ccc(OC(C)c2nnc(SCC(=O)Nc3cc(C)ccc3C)n2C(C)C)cc1. The van der Waals surface area contributed by atoms with Crippen molar-refractivity contribution in [3.63, 3.8) is 0 Å². The first kappa shape index (κ1) is 23.7. The van der Waals surface area contributed by atoms with Crippen LogP contribution in [0.2, 0.25) is 0 Å². The third-order valence-electron chi connectivity index (χ3n) is 4.94. The molecule has 1 aromatic heterocycles. The Morgan fingerprint density at radius 2 is 1.75 bits per heavy atom. The number of carbonyl (C=O) groups is 1. The summed E-state index contributed by atoms with van der Waals surface area (Å²) in [5.74, 6) is 2.37. The summed E-state index contributed by atoms with van der Waals surface area (Å²) in [6.45, 7) is 10.1. The van der Waals surface area contributed by atoms with Crippen molar-refractivity contribution in [2.45, 2.75) is 51.9 Å². The smallest absolute Gasteiger partial charge is 0.234 e. The van der Waals surface area contributed by atoms with Crippen molar-refractivity contribution in [3.8, 4) is 11.5 Å². The van der Waals surface area contributed by atoms with Crippen LogP contribution in [-0.2, 0) is 4.79 Å².